The van der Waals surface area contributed by atoms with Crippen molar-refractivity contribution in [1.29, 1.82) is 0 Å². The summed E-state index contributed by atoms with van der Waals surface area (Å²) in [6.07, 6.45) is 1.67. The SMILES string of the molecule is C=CCn1c(SCC(=O)NCc2ccccc2)nc2cc(-c3ccccc3)sc2c1=O. The Morgan fingerprint density at radius 3 is 2.55 bits per heavy atom. The van der Waals surface area contributed by atoms with Crippen molar-refractivity contribution >= 4 is 39.2 Å². The Hall–Kier alpha value is -3.16. The zero-order valence-corrected chi connectivity index (χ0v) is 18.4. The molecule has 4 rings (SSSR count). The standard InChI is InChI=1S/C24H21N3O2S2/c1-2-13-27-23(29)22-19(14-20(31-22)18-11-7-4-8-12-18)26-24(27)30-16-21(28)25-15-17-9-5-3-6-10-17/h2-12,14H,1,13,15-16H2,(H,25,28). The zero-order valence-electron chi connectivity index (χ0n) is 16.8. The number of hydrogen-bond donors (Lipinski definition) is 1. The monoisotopic (exact) mass is 447 g/mol. The average Bonchev–Trinajstić information content (AvgIpc) is 3.24. The molecule has 31 heavy (non-hydrogen) atoms. The highest BCUT2D eigenvalue weighted by atomic mass is 32.2. The van der Waals surface area contributed by atoms with Gasteiger partial charge in [-0.15, -0.1) is 17.9 Å². The van der Waals surface area contributed by atoms with Crippen LogP contribution in [0.2, 0.25) is 0 Å². The smallest absolute Gasteiger partial charge is 0.272 e. The molecule has 2 aromatic carbocycles. The van der Waals surface area contributed by atoms with Gasteiger partial charge in [-0.05, 0) is 17.2 Å². The van der Waals surface area contributed by atoms with Gasteiger partial charge >= 0.3 is 0 Å². The van der Waals surface area contributed by atoms with Gasteiger partial charge < -0.3 is 5.32 Å². The number of carbonyl (C=O) groups excluding carboxylic acids is 1. The first kappa shape index (κ1) is 21.1. The first-order chi connectivity index (χ1) is 15.2. The maximum Gasteiger partial charge on any atom is 0.272 e. The van der Waals surface area contributed by atoms with Crippen LogP contribution in [0.25, 0.3) is 20.7 Å². The van der Waals surface area contributed by atoms with Crippen molar-refractivity contribution in [2.45, 2.75) is 18.2 Å². The highest BCUT2D eigenvalue weighted by Gasteiger charge is 2.16. The first-order valence-electron chi connectivity index (χ1n) is 9.80. The molecule has 0 aliphatic carbocycles. The van der Waals surface area contributed by atoms with E-state index in [1.807, 2.05) is 66.7 Å². The Morgan fingerprint density at radius 1 is 1.13 bits per heavy atom. The van der Waals surface area contributed by atoms with Crippen molar-refractivity contribution in [3.8, 4) is 10.4 Å². The van der Waals surface area contributed by atoms with E-state index < -0.39 is 0 Å². The number of rotatable bonds is 8. The van der Waals surface area contributed by atoms with Crippen molar-refractivity contribution in [2.75, 3.05) is 5.75 Å². The van der Waals surface area contributed by atoms with Crippen molar-refractivity contribution < 1.29 is 4.79 Å². The molecule has 0 radical (unpaired) electrons. The Bertz CT molecular complexity index is 1260. The molecular weight excluding hydrogens is 426 g/mol. The second kappa shape index (κ2) is 9.76. The Morgan fingerprint density at radius 2 is 1.84 bits per heavy atom. The van der Waals surface area contributed by atoms with Gasteiger partial charge in [0, 0.05) is 18.0 Å². The number of thioether (sulfide) groups is 1. The van der Waals surface area contributed by atoms with Crippen LogP contribution in [0.15, 0.2) is 89.3 Å². The fraction of sp³-hybridized carbons (Fsp3) is 0.125. The van der Waals surface area contributed by atoms with Gasteiger partial charge in [0.05, 0.1) is 11.3 Å². The van der Waals surface area contributed by atoms with Crippen LogP contribution in [0.1, 0.15) is 5.56 Å². The minimum Gasteiger partial charge on any atom is -0.351 e. The van der Waals surface area contributed by atoms with Gasteiger partial charge in [0.1, 0.15) is 4.70 Å². The van der Waals surface area contributed by atoms with Gasteiger partial charge in [-0.3, -0.25) is 14.2 Å². The minimum absolute atomic E-state index is 0.107. The first-order valence-corrected chi connectivity index (χ1v) is 11.6. The summed E-state index contributed by atoms with van der Waals surface area (Å²) < 4.78 is 2.19. The second-order valence-electron chi connectivity index (χ2n) is 6.84. The molecule has 0 saturated carbocycles. The fourth-order valence-corrected chi connectivity index (χ4v) is 5.00. The summed E-state index contributed by atoms with van der Waals surface area (Å²) >= 11 is 2.70. The number of thiophene rings is 1. The quantitative estimate of drug-likeness (QED) is 0.241. The van der Waals surface area contributed by atoms with E-state index in [0.717, 1.165) is 16.0 Å². The average molecular weight is 448 g/mol. The lowest BCUT2D eigenvalue weighted by atomic mass is 10.2. The van der Waals surface area contributed by atoms with Gasteiger partial charge in [0.2, 0.25) is 5.91 Å². The Balaban J connectivity index is 1.56. The molecule has 156 valence electrons. The number of hydrogen-bond acceptors (Lipinski definition) is 5. The number of amides is 1. The van der Waals surface area contributed by atoms with Crippen LogP contribution in [0.3, 0.4) is 0 Å². The molecule has 0 bridgehead atoms. The second-order valence-corrected chi connectivity index (χ2v) is 8.84. The molecule has 1 amide bonds. The molecule has 0 atom stereocenters. The topological polar surface area (TPSA) is 64.0 Å². The summed E-state index contributed by atoms with van der Waals surface area (Å²) in [5.74, 6) is 0.0704. The summed E-state index contributed by atoms with van der Waals surface area (Å²) in [6.45, 7) is 4.57. The van der Waals surface area contributed by atoms with E-state index in [2.05, 4.69) is 11.9 Å². The lowest BCUT2D eigenvalue weighted by molar-refractivity contribution is -0.118. The molecule has 2 aromatic heterocycles. The molecule has 2 heterocycles. The number of nitrogens with one attached hydrogen (secondary N) is 1. The molecular formula is C24H21N3O2S2. The maximum atomic E-state index is 13.1. The predicted molar refractivity (Wildman–Crippen MR) is 129 cm³/mol. The van der Waals surface area contributed by atoms with Crippen molar-refractivity contribution in [3.63, 3.8) is 0 Å². The largest absolute Gasteiger partial charge is 0.351 e. The number of benzene rings is 2. The molecule has 5 nitrogen and oxygen atoms in total. The third-order valence-electron chi connectivity index (χ3n) is 4.63. The van der Waals surface area contributed by atoms with Gasteiger partial charge in [-0.1, -0.05) is 78.5 Å². The van der Waals surface area contributed by atoms with E-state index in [4.69, 9.17) is 4.98 Å². The molecule has 4 aromatic rings. The third-order valence-corrected chi connectivity index (χ3v) is 6.77. The van der Waals surface area contributed by atoms with Gasteiger partial charge in [0.15, 0.2) is 5.16 Å². The van der Waals surface area contributed by atoms with E-state index in [1.54, 1.807) is 10.6 Å². The predicted octanol–water partition coefficient (Wildman–Crippen LogP) is 4.72. The van der Waals surface area contributed by atoms with Crippen LogP contribution in [-0.2, 0) is 17.9 Å². The lowest BCUT2D eigenvalue weighted by Crippen LogP contribution is -2.26. The number of allylic oxidation sites excluding steroid dienone is 1. The molecule has 0 aliphatic heterocycles. The van der Waals surface area contributed by atoms with E-state index in [-0.39, 0.29) is 17.2 Å². The number of aromatic nitrogens is 2. The zero-order chi connectivity index (χ0) is 21.6. The van der Waals surface area contributed by atoms with Crippen LogP contribution in [-0.4, -0.2) is 21.2 Å². The highest BCUT2D eigenvalue weighted by Crippen LogP contribution is 2.31. The van der Waals surface area contributed by atoms with Crippen LogP contribution in [0.5, 0.6) is 0 Å². The molecule has 0 saturated heterocycles. The van der Waals surface area contributed by atoms with E-state index in [1.165, 1.54) is 23.1 Å². The molecule has 7 heteroatoms. The highest BCUT2D eigenvalue weighted by molar-refractivity contribution is 7.99. The van der Waals surface area contributed by atoms with Crippen LogP contribution in [0, 0.1) is 0 Å². The Labute approximate surface area is 188 Å². The van der Waals surface area contributed by atoms with Gasteiger partial charge in [-0.25, -0.2) is 4.98 Å². The fourth-order valence-electron chi connectivity index (χ4n) is 3.11. The summed E-state index contributed by atoms with van der Waals surface area (Å²) in [5.41, 5.74) is 2.64. The number of nitrogens with zero attached hydrogens (tertiary/aromatic N) is 2. The summed E-state index contributed by atoms with van der Waals surface area (Å²) in [7, 11) is 0. The van der Waals surface area contributed by atoms with E-state index in [0.29, 0.717) is 28.5 Å². The molecule has 0 fully saturated rings. The van der Waals surface area contributed by atoms with Gasteiger partial charge in [0.25, 0.3) is 5.56 Å². The molecule has 1 N–H and O–H groups in total. The molecule has 0 unspecified atom stereocenters. The van der Waals surface area contributed by atoms with Crippen LogP contribution in [0.4, 0.5) is 0 Å². The maximum absolute atomic E-state index is 13.1. The van der Waals surface area contributed by atoms with E-state index >= 15 is 0 Å². The lowest BCUT2D eigenvalue weighted by Gasteiger charge is -2.10. The van der Waals surface area contributed by atoms with E-state index in [9.17, 15) is 9.59 Å². The number of carbonyl (C=O) groups is 1. The third kappa shape index (κ3) is 4.95. The summed E-state index contributed by atoms with van der Waals surface area (Å²) in [4.78, 5) is 31.1. The van der Waals surface area contributed by atoms with Crippen LogP contribution >= 0.6 is 23.1 Å². The summed E-state index contributed by atoms with van der Waals surface area (Å²) in [5, 5.41) is 3.42. The van der Waals surface area contributed by atoms with Crippen molar-refractivity contribution in [1.82, 2.24) is 14.9 Å². The minimum atomic E-state index is -0.108. The summed E-state index contributed by atoms with van der Waals surface area (Å²) in [6, 6.07) is 21.6. The van der Waals surface area contributed by atoms with Crippen molar-refractivity contribution in [3.05, 3.63) is 95.3 Å². The molecule has 0 spiro atoms. The van der Waals surface area contributed by atoms with Crippen LogP contribution < -0.4 is 10.9 Å². The number of fused-ring (bicyclic) bond motifs is 1. The molecule has 0 aliphatic rings. The van der Waals surface area contributed by atoms with Crippen molar-refractivity contribution in [2.24, 2.45) is 0 Å². The van der Waals surface area contributed by atoms with Gasteiger partial charge in [-0.2, -0.15) is 0 Å². The Kier molecular flexibility index (Phi) is 6.64. The normalized spacial score (nSPS) is 10.8.